The van der Waals surface area contributed by atoms with Crippen LogP contribution in [0.1, 0.15) is 16.2 Å². The quantitative estimate of drug-likeness (QED) is 0.479. The van der Waals surface area contributed by atoms with Gasteiger partial charge in [0, 0.05) is 3.57 Å². The molecule has 0 aromatic carbocycles. The topological polar surface area (TPSA) is 39.2 Å². The molecule has 0 aliphatic carbocycles. The van der Waals surface area contributed by atoms with Crippen LogP contribution < -0.4 is 4.74 Å². The van der Waals surface area contributed by atoms with Gasteiger partial charge in [0.25, 0.3) is 0 Å². The SMILES string of the molecule is O=Cc1nc(CF)c(I)cc1OC(F)(F)F. The molecule has 16 heavy (non-hydrogen) atoms. The standard InChI is InChI=1S/C8H4F4INO2/c9-2-5-4(13)1-7(6(3-15)14-5)16-8(10,11)12/h1,3H,2H2. The molecular formula is C8H4F4INO2. The van der Waals surface area contributed by atoms with Gasteiger partial charge < -0.3 is 4.74 Å². The van der Waals surface area contributed by atoms with Crippen molar-refractivity contribution in [3.8, 4) is 5.75 Å². The smallest absolute Gasteiger partial charge is 0.403 e. The fourth-order valence-corrected chi connectivity index (χ4v) is 1.46. The summed E-state index contributed by atoms with van der Waals surface area (Å²) in [4.78, 5) is 13.9. The average molecular weight is 349 g/mol. The summed E-state index contributed by atoms with van der Waals surface area (Å²) in [5, 5.41) is 0. The van der Waals surface area contributed by atoms with Gasteiger partial charge in [-0.15, -0.1) is 13.2 Å². The Kier molecular flexibility index (Phi) is 4.05. The second-order valence-corrected chi connectivity index (χ2v) is 3.76. The highest BCUT2D eigenvalue weighted by atomic mass is 127. The lowest BCUT2D eigenvalue weighted by molar-refractivity contribution is -0.274. The Balaban J connectivity index is 3.18. The molecule has 1 rings (SSSR count). The second-order valence-electron chi connectivity index (χ2n) is 2.60. The van der Waals surface area contributed by atoms with Gasteiger partial charge in [-0.05, 0) is 28.7 Å². The van der Waals surface area contributed by atoms with Crippen LogP contribution in [0.25, 0.3) is 0 Å². The number of carbonyl (C=O) groups is 1. The maximum absolute atomic E-state index is 12.3. The minimum atomic E-state index is -4.92. The van der Waals surface area contributed by atoms with Crippen molar-refractivity contribution in [1.82, 2.24) is 4.98 Å². The zero-order chi connectivity index (χ0) is 12.3. The summed E-state index contributed by atoms with van der Waals surface area (Å²) in [5.74, 6) is -0.732. The highest BCUT2D eigenvalue weighted by Gasteiger charge is 2.32. The van der Waals surface area contributed by atoms with Crippen LogP contribution in [0.15, 0.2) is 6.07 Å². The number of carbonyl (C=O) groups excluding carboxylic acids is 1. The second kappa shape index (κ2) is 4.93. The summed E-state index contributed by atoms with van der Waals surface area (Å²) in [6.45, 7) is -0.967. The van der Waals surface area contributed by atoms with Crippen LogP contribution >= 0.6 is 22.6 Å². The van der Waals surface area contributed by atoms with Gasteiger partial charge in [0.15, 0.2) is 12.0 Å². The van der Waals surface area contributed by atoms with Crippen molar-refractivity contribution in [2.75, 3.05) is 0 Å². The molecule has 8 heteroatoms. The Labute approximate surface area is 101 Å². The molecule has 0 atom stereocenters. The van der Waals surface area contributed by atoms with Gasteiger partial charge in [0.05, 0.1) is 5.69 Å². The van der Waals surface area contributed by atoms with Gasteiger partial charge in [-0.3, -0.25) is 4.79 Å². The summed E-state index contributed by atoms with van der Waals surface area (Å²) < 4.78 is 51.9. The predicted molar refractivity (Wildman–Crippen MR) is 53.8 cm³/mol. The first kappa shape index (κ1) is 13.1. The van der Waals surface area contributed by atoms with Crippen molar-refractivity contribution in [3.05, 3.63) is 21.0 Å². The fraction of sp³-hybridized carbons (Fsp3) is 0.250. The maximum atomic E-state index is 12.3. The number of ether oxygens (including phenoxy) is 1. The summed E-state index contributed by atoms with van der Waals surface area (Å²) >= 11 is 1.60. The monoisotopic (exact) mass is 349 g/mol. The Hall–Kier alpha value is -0.930. The summed E-state index contributed by atoms with van der Waals surface area (Å²) in [7, 11) is 0. The maximum Gasteiger partial charge on any atom is 0.573 e. The minimum Gasteiger partial charge on any atom is -0.403 e. The van der Waals surface area contributed by atoms with E-state index < -0.39 is 24.5 Å². The molecule has 0 saturated carbocycles. The Bertz CT molecular complexity index is 408. The van der Waals surface area contributed by atoms with Crippen molar-refractivity contribution < 1.29 is 27.1 Å². The number of rotatable bonds is 3. The summed E-state index contributed by atoms with van der Waals surface area (Å²) in [6.07, 6.45) is -4.84. The first-order valence-corrected chi connectivity index (χ1v) is 4.91. The van der Waals surface area contributed by atoms with Crippen LogP contribution in [-0.2, 0) is 6.67 Å². The molecule has 0 aliphatic rings. The number of aromatic nitrogens is 1. The highest BCUT2D eigenvalue weighted by Crippen LogP contribution is 2.27. The van der Waals surface area contributed by atoms with E-state index in [0.29, 0.717) is 0 Å². The van der Waals surface area contributed by atoms with Crippen LogP contribution in [0.2, 0.25) is 0 Å². The highest BCUT2D eigenvalue weighted by molar-refractivity contribution is 14.1. The van der Waals surface area contributed by atoms with Crippen molar-refractivity contribution in [3.63, 3.8) is 0 Å². The van der Waals surface area contributed by atoms with Gasteiger partial charge >= 0.3 is 6.36 Å². The molecule has 1 aromatic heterocycles. The number of pyridine rings is 1. The van der Waals surface area contributed by atoms with E-state index in [1.54, 1.807) is 22.6 Å². The lowest BCUT2D eigenvalue weighted by atomic mass is 10.3. The van der Waals surface area contributed by atoms with Gasteiger partial charge in [-0.25, -0.2) is 9.37 Å². The van der Waals surface area contributed by atoms with Crippen LogP contribution in [0.4, 0.5) is 17.6 Å². The molecule has 0 spiro atoms. The molecule has 3 nitrogen and oxygen atoms in total. The molecule has 0 saturated heterocycles. The van der Waals surface area contributed by atoms with E-state index in [9.17, 15) is 22.4 Å². The van der Waals surface area contributed by atoms with E-state index in [4.69, 9.17) is 0 Å². The zero-order valence-electron chi connectivity index (χ0n) is 7.52. The number of nitrogens with zero attached hydrogens (tertiary/aromatic N) is 1. The molecule has 0 radical (unpaired) electrons. The number of hydrogen-bond acceptors (Lipinski definition) is 3. The van der Waals surface area contributed by atoms with Crippen LogP contribution in [0, 0.1) is 3.57 Å². The van der Waals surface area contributed by atoms with Crippen LogP contribution in [0.3, 0.4) is 0 Å². The fourth-order valence-electron chi connectivity index (χ4n) is 0.911. The van der Waals surface area contributed by atoms with Crippen LogP contribution in [-0.4, -0.2) is 17.6 Å². The number of alkyl halides is 4. The summed E-state index contributed by atoms with van der Waals surface area (Å²) in [6, 6.07) is 0.916. The normalized spacial score (nSPS) is 11.3. The van der Waals surface area contributed by atoms with Crippen molar-refractivity contribution in [2.45, 2.75) is 13.0 Å². The third-order valence-electron chi connectivity index (χ3n) is 1.51. The van der Waals surface area contributed by atoms with E-state index in [2.05, 4.69) is 9.72 Å². The van der Waals surface area contributed by atoms with E-state index in [-0.39, 0.29) is 15.6 Å². The third kappa shape index (κ3) is 3.29. The first-order chi connectivity index (χ1) is 7.37. The lowest BCUT2D eigenvalue weighted by Gasteiger charge is -2.11. The Morgan fingerprint density at radius 2 is 2.12 bits per heavy atom. The van der Waals surface area contributed by atoms with Gasteiger partial charge in [-0.1, -0.05) is 0 Å². The summed E-state index contributed by atoms with van der Waals surface area (Å²) in [5.41, 5.74) is -0.678. The molecular weight excluding hydrogens is 345 g/mol. The zero-order valence-corrected chi connectivity index (χ0v) is 9.67. The molecule has 88 valence electrons. The first-order valence-electron chi connectivity index (χ1n) is 3.83. The minimum absolute atomic E-state index is 0.0797. The Morgan fingerprint density at radius 1 is 1.50 bits per heavy atom. The van der Waals surface area contributed by atoms with Crippen molar-refractivity contribution >= 4 is 28.9 Å². The molecule has 0 bridgehead atoms. The molecule has 0 fully saturated rings. The van der Waals surface area contributed by atoms with Gasteiger partial charge in [0.1, 0.15) is 12.4 Å². The molecule has 0 unspecified atom stereocenters. The van der Waals surface area contributed by atoms with Gasteiger partial charge in [-0.2, -0.15) is 0 Å². The molecule has 0 aliphatic heterocycles. The molecule has 1 heterocycles. The van der Waals surface area contributed by atoms with Gasteiger partial charge in [0.2, 0.25) is 0 Å². The third-order valence-corrected chi connectivity index (χ3v) is 2.44. The van der Waals surface area contributed by atoms with Crippen LogP contribution in [0.5, 0.6) is 5.75 Å². The van der Waals surface area contributed by atoms with E-state index in [1.807, 2.05) is 0 Å². The van der Waals surface area contributed by atoms with Crippen molar-refractivity contribution in [1.29, 1.82) is 0 Å². The van der Waals surface area contributed by atoms with E-state index in [1.165, 1.54) is 0 Å². The molecule has 1 aromatic rings. The van der Waals surface area contributed by atoms with E-state index in [0.717, 1.165) is 6.07 Å². The number of hydrogen-bond donors (Lipinski definition) is 0. The molecule has 0 amide bonds. The largest absolute Gasteiger partial charge is 0.573 e. The predicted octanol–water partition coefficient (Wildman–Crippen LogP) is 2.87. The average Bonchev–Trinajstić information content (AvgIpc) is 2.16. The van der Waals surface area contributed by atoms with Crippen molar-refractivity contribution in [2.24, 2.45) is 0 Å². The Morgan fingerprint density at radius 3 is 2.56 bits per heavy atom. The number of halogens is 5. The lowest BCUT2D eigenvalue weighted by Crippen LogP contribution is -2.19. The molecule has 0 N–H and O–H groups in total. The number of aldehydes is 1. The van der Waals surface area contributed by atoms with E-state index >= 15 is 0 Å².